The van der Waals surface area contributed by atoms with E-state index in [1.54, 1.807) is 0 Å². The van der Waals surface area contributed by atoms with Gasteiger partial charge in [0, 0.05) is 20.1 Å². The summed E-state index contributed by atoms with van der Waals surface area (Å²) < 4.78 is 0. The normalized spacial score (nSPS) is 14.1. The maximum absolute atomic E-state index is 12.2. The first-order valence-electron chi connectivity index (χ1n) is 7.55. The molecule has 1 amide bonds. The number of carbonyl (C=O) groups excluding carboxylic acids is 1. The zero-order chi connectivity index (χ0) is 15.2. The van der Waals surface area contributed by atoms with Crippen LogP contribution >= 0.6 is 11.3 Å². The molecule has 0 unspecified atom stereocenters. The molecule has 0 spiro atoms. The van der Waals surface area contributed by atoms with Gasteiger partial charge in [-0.2, -0.15) is 0 Å². The van der Waals surface area contributed by atoms with E-state index >= 15 is 0 Å². The Morgan fingerprint density at radius 3 is 3.05 bits per heavy atom. The van der Waals surface area contributed by atoms with Crippen molar-refractivity contribution in [1.29, 1.82) is 0 Å². The van der Waals surface area contributed by atoms with Crippen LogP contribution in [0.5, 0.6) is 0 Å². The van der Waals surface area contributed by atoms with E-state index in [0.717, 1.165) is 24.5 Å². The second-order valence-electron chi connectivity index (χ2n) is 5.39. The number of amides is 1. The van der Waals surface area contributed by atoms with Gasteiger partial charge in [0.2, 0.25) is 0 Å². The van der Waals surface area contributed by atoms with Crippen LogP contribution in [-0.2, 0) is 0 Å². The molecule has 1 aromatic rings. The summed E-state index contributed by atoms with van der Waals surface area (Å²) in [5.41, 5.74) is 7.33. The highest BCUT2D eigenvalue weighted by molar-refractivity contribution is 7.18. The van der Waals surface area contributed by atoms with Crippen molar-refractivity contribution in [3.8, 4) is 0 Å². The summed E-state index contributed by atoms with van der Waals surface area (Å²) in [6, 6.07) is 0. The van der Waals surface area contributed by atoms with Crippen LogP contribution in [0.15, 0.2) is 11.6 Å². The van der Waals surface area contributed by atoms with E-state index in [4.69, 9.17) is 5.73 Å². The van der Waals surface area contributed by atoms with Crippen LogP contribution in [0.1, 0.15) is 48.7 Å². The third-order valence-electron chi connectivity index (χ3n) is 3.60. The molecule has 1 aliphatic rings. The van der Waals surface area contributed by atoms with E-state index in [2.05, 4.69) is 23.3 Å². The van der Waals surface area contributed by atoms with Crippen molar-refractivity contribution in [3.63, 3.8) is 0 Å². The van der Waals surface area contributed by atoms with Crippen molar-refractivity contribution in [2.45, 2.75) is 39.0 Å². The molecule has 116 valence electrons. The summed E-state index contributed by atoms with van der Waals surface area (Å²) >= 11 is 1.36. The molecule has 0 saturated carbocycles. The van der Waals surface area contributed by atoms with Crippen molar-refractivity contribution in [3.05, 3.63) is 16.5 Å². The molecule has 0 aromatic carbocycles. The molecule has 0 atom stereocenters. The Morgan fingerprint density at radius 1 is 1.57 bits per heavy atom. The smallest absolute Gasteiger partial charge is 0.265 e. The standard InChI is InChI=1S/C15H24N4OS/c1-3-10-19(2)15-18-13(16)12(21-15)14(20)17-9-8-11-6-4-5-7-11/h6H,3-5,7-10,16H2,1-2H3,(H,17,20). The molecule has 0 fully saturated rings. The monoisotopic (exact) mass is 308 g/mol. The average Bonchev–Trinajstić information content (AvgIpc) is 3.08. The number of thiazole rings is 1. The van der Waals surface area contributed by atoms with Crippen LogP contribution in [-0.4, -0.2) is 31.0 Å². The fourth-order valence-electron chi connectivity index (χ4n) is 2.46. The number of carbonyl (C=O) groups is 1. The summed E-state index contributed by atoms with van der Waals surface area (Å²) in [6.07, 6.45) is 7.85. The third-order valence-corrected chi connectivity index (χ3v) is 4.78. The van der Waals surface area contributed by atoms with Crippen molar-refractivity contribution in [2.24, 2.45) is 0 Å². The predicted octanol–water partition coefficient (Wildman–Crippen LogP) is 2.80. The molecule has 5 nitrogen and oxygen atoms in total. The van der Waals surface area contributed by atoms with Gasteiger partial charge < -0.3 is 16.0 Å². The van der Waals surface area contributed by atoms with E-state index in [1.807, 2.05) is 11.9 Å². The van der Waals surface area contributed by atoms with E-state index in [9.17, 15) is 4.79 Å². The Balaban J connectivity index is 1.89. The number of anilines is 2. The van der Waals surface area contributed by atoms with Crippen LogP contribution in [0, 0.1) is 0 Å². The molecule has 0 radical (unpaired) electrons. The number of nitrogens with one attached hydrogen (secondary N) is 1. The number of allylic oxidation sites excluding steroid dienone is 1. The summed E-state index contributed by atoms with van der Waals surface area (Å²) in [4.78, 5) is 19.0. The van der Waals surface area contributed by atoms with Gasteiger partial charge in [-0.15, -0.1) is 0 Å². The van der Waals surface area contributed by atoms with Gasteiger partial charge in [-0.05, 0) is 32.1 Å². The summed E-state index contributed by atoms with van der Waals surface area (Å²) in [7, 11) is 1.97. The molecule has 2 rings (SSSR count). The second kappa shape index (κ2) is 7.45. The first kappa shape index (κ1) is 15.8. The van der Waals surface area contributed by atoms with Gasteiger partial charge in [-0.3, -0.25) is 4.79 Å². The molecule has 1 heterocycles. The zero-order valence-corrected chi connectivity index (χ0v) is 13.6. The molecular weight excluding hydrogens is 284 g/mol. The number of nitrogens with zero attached hydrogens (tertiary/aromatic N) is 2. The fourth-order valence-corrected chi connectivity index (χ4v) is 3.35. The third kappa shape index (κ3) is 4.20. The van der Waals surface area contributed by atoms with Crippen molar-refractivity contribution in [2.75, 3.05) is 30.8 Å². The number of nitrogen functional groups attached to an aromatic ring is 1. The van der Waals surface area contributed by atoms with E-state index in [1.165, 1.54) is 36.2 Å². The minimum absolute atomic E-state index is 0.111. The van der Waals surface area contributed by atoms with Crippen molar-refractivity contribution < 1.29 is 4.79 Å². The maximum atomic E-state index is 12.2. The van der Waals surface area contributed by atoms with Gasteiger partial charge >= 0.3 is 0 Å². The molecule has 6 heteroatoms. The minimum atomic E-state index is -0.111. The lowest BCUT2D eigenvalue weighted by Crippen LogP contribution is -2.24. The highest BCUT2D eigenvalue weighted by atomic mass is 32.1. The molecule has 0 bridgehead atoms. The van der Waals surface area contributed by atoms with Crippen LogP contribution in [0.3, 0.4) is 0 Å². The van der Waals surface area contributed by atoms with Crippen LogP contribution in [0.4, 0.5) is 10.9 Å². The minimum Gasteiger partial charge on any atom is -0.382 e. The first-order valence-corrected chi connectivity index (χ1v) is 8.37. The molecule has 3 N–H and O–H groups in total. The lowest BCUT2D eigenvalue weighted by Gasteiger charge is -2.13. The lowest BCUT2D eigenvalue weighted by molar-refractivity contribution is 0.0959. The largest absolute Gasteiger partial charge is 0.382 e. The number of hydrogen-bond acceptors (Lipinski definition) is 5. The highest BCUT2D eigenvalue weighted by Crippen LogP contribution is 2.27. The van der Waals surface area contributed by atoms with Gasteiger partial charge in [0.05, 0.1) is 0 Å². The highest BCUT2D eigenvalue weighted by Gasteiger charge is 2.17. The van der Waals surface area contributed by atoms with Crippen molar-refractivity contribution >= 4 is 28.2 Å². The van der Waals surface area contributed by atoms with E-state index < -0.39 is 0 Å². The summed E-state index contributed by atoms with van der Waals surface area (Å²) in [5, 5.41) is 3.75. The Hall–Kier alpha value is -1.56. The Labute approximate surface area is 130 Å². The molecule has 1 aliphatic carbocycles. The van der Waals surface area contributed by atoms with Gasteiger partial charge in [0.25, 0.3) is 5.91 Å². The van der Waals surface area contributed by atoms with Gasteiger partial charge in [0.1, 0.15) is 10.7 Å². The molecular formula is C15H24N4OS. The fraction of sp³-hybridized carbons (Fsp3) is 0.600. The van der Waals surface area contributed by atoms with Crippen molar-refractivity contribution in [1.82, 2.24) is 10.3 Å². The molecule has 0 aliphatic heterocycles. The first-order chi connectivity index (χ1) is 10.1. The quantitative estimate of drug-likeness (QED) is 0.760. The number of aromatic nitrogens is 1. The maximum Gasteiger partial charge on any atom is 0.265 e. The Kier molecular flexibility index (Phi) is 5.61. The van der Waals surface area contributed by atoms with Crippen LogP contribution < -0.4 is 16.0 Å². The van der Waals surface area contributed by atoms with E-state index in [-0.39, 0.29) is 5.91 Å². The van der Waals surface area contributed by atoms with Crippen LogP contribution in [0.25, 0.3) is 0 Å². The Bertz CT molecular complexity index is 524. The topological polar surface area (TPSA) is 71.2 Å². The second-order valence-corrected chi connectivity index (χ2v) is 6.37. The molecule has 21 heavy (non-hydrogen) atoms. The number of nitrogens with two attached hydrogens (primary N) is 1. The molecule has 0 saturated heterocycles. The summed E-state index contributed by atoms with van der Waals surface area (Å²) in [5.74, 6) is 0.218. The Morgan fingerprint density at radius 2 is 2.38 bits per heavy atom. The number of rotatable bonds is 7. The number of hydrogen-bond donors (Lipinski definition) is 2. The SMILES string of the molecule is CCCN(C)c1nc(N)c(C(=O)NCCC2=CCCC2)s1. The van der Waals surface area contributed by atoms with E-state index in [0.29, 0.717) is 17.2 Å². The molecule has 1 aromatic heterocycles. The van der Waals surface area contributed by atoms with Crippen LogP contribution in [0.2, 0.25) is 0 Å². The van der Waals surface area contributed by atoms with Gasteiger partial charge in [-0.1, -0.05) is 29.9 Å². The summed E-state index contributed by atoms with van der Waals surface area (Å²) in [6.45, 7) is 3.68. The van der Waals surface area contributed by atoms with Gasteiger partial charge in [0.15, 0.2) is 5.13 Å². The lowest BCUT2D eigenvalue weighted by atomic mass is 10.2. The van der Waals surface area contributed by atoms with Gasteiger partial charge in [-0.25, -0.2) is 4.98 Å². The predicted molar refractivity (Wildman–Crippen MR) is 89.0 cm³/mol. The zero-order valence-electron chi connectivity index (χ0n) is 12.8. The average molecular weight is 308 g/mol.